The first-order valence-corrected chi connectivity index (χ1v) is 12.0. The highest BCUT2D eigenvalue weighted by Gasteiger charge is 2.27. The van der Waals surface area contributed by atoms with Crippen LogP contribution in [0.2, 0.25) is 0 Å². The van der Waals surface area contributed by atoms with Crippen LogP contribution in [0.25, 0.3) is 0 Å². The number of hydrogen-bond acceptors (Lipinski definition) is 6. The summed E-state index contributed by atoms with van der Waals surface area (Å²) in [4.78, 5) is 26.5. The fraction of sp³-hybridized carbons (Fsp3) is 0.400. The number of benzene rings is 1. The molecule has 1 aromatic carbocycles. The zero-order valence-electron chi connectivity index (χ0n) is 15.9. The third kappa shape index (κ3) is 4.28. The molecule has 3 rings (SSSR count). The first-order chi connectivity index (χ1) is 13.3. The molecule has 0 radical (unpaired) electrons. The van der Waals surface area contributed by atoms with Crippen LogP contribution in [-0.2, 0) is 27.4 Å². The van der Waals surface area contributed by atoms with Gasteiger partial charge in [0.2, 0.25) is 0 Å². The number of esters is 1. The maximum absolute atomic E-state index is 12.9. The van der Waals surface area contributed by atoms with E-state index in [2.05, 4.69) is 5.32 Å². The molecule has 2 aromatic rings. The van der Waals surface area contributed by atoms with Gasteiger partial charge in [0.05, 0.1) is 22.6 Å². The Hall–Kier alpha value is -2.19. The van der Waals surface area contributed by atoms with Crippen molar-refractivity contribution in [3.05, 3.63) is 45.8 Å². The molecule has 1 aromatic heterocycles. The lowest BCUT2D eigenvalue weighted by atomic mass is 10.1. The van der Waals surface area contributed by atoms with E-state index in [0.717, 1.165) is 48.8 Å². The monoisotopic (exact) mass is 421 g/mol. The van der Waals surface area contributed by atoms with Crippen molar-refractivity contribution < 1.29 is 22.7 Å². The lowest BCUT2D eigenvalue weighted by Gasteiger charge is -2.10. The molecular formula is C20H23NO5S2. The van der Waals surface area contributed by atoms with Crippen LogP contribution in [0.5, 0.6) is 0 Å². The normalized spacial score (nSPS) is 14.1. The van der Waals surface area contributed by atoms with Gasteiger partial charge < -0.3 is 10.1 Å². The van der Waals surface area contributed by atoms with Gasteiger partial charge in [-0.3, -0.25) is 4.79 Å². The molecule has 0 bridgehead atoms. The zero-order chi connectivity index (χ0) is 20.3. The molecule has 28 heavy (non-hydrogen) atoms. The molecule has 1 aliphatic rings. The number of carbonyl (C=O) groups is 2. The summed E-state index contributed by atoms with van der Waals surface area (Å²) in [6.07, 6.45) is 5.84. The van der Waals surface area contributed by atoms with Gasteiger partial charge in [-0.05, 0) is 50.3 Å². The van der Waals surface area contributed by atoms with Gasteiger partial charge in [0.25, 0.3) is 5.91 Å². The third-order valence-electron chi connectivity index (χ3n) is 4.66. The summed E-state index contributed by atoms with van der Waals surface area (Å²) >= 11 is 1.38. The molecule has 1 amide bonds. The van der Waals surface area contributed by atoms with Crippen molar-refractivity contribution in [1.82, 2.24) is 0 Å². The Morgan fingerprint density at radius 3 is 2.57 bits per heavy atom. The van der Waals surface area contributed by atoms with Crippen molar-refractivity contribution in [3.63, 3.8) is 0 Å². The molecule has 0 spiro atoms. The predicted molar refractivity (Wildman–Crippen MR) is 109 cm³/mol. The molecule has 0 saturated carbocycles. The minimum Gasteiger partial charge on any atom is -0.462 e. The van der Waals surface area contributed by atoms with E-state index in [1.54, 1.807) is 19.1 Å². The first kappa shape index (κ1) is 20.5. The van der Waals surface area contributed by atoms with Crippen LogP contribution in [0, 0.1) is 0 Å². The van der Waals surface area contributed by atoms with Crippen LogP contribution in [0.1, 0.15) is 57.3 Å². The van der Waals surface area contributed by atoms with E-state index in [9.17, 15) is 18.0 Å². The largest absolute Gasteiger partial charge is 0.462 e. The van der Waals surface area contributed by atoms with Crippen molar-refractivity contribution in [2.24, 2.45) is 0 Å². The van der Waals surface area contributed by atoms with Crippen molar-refractivity contribution in [1.29, 1.82) is 0 Å². The smallest absolute Gasteiger partial charge is 0.341 e. The number of carbonyl (C=O) groups excluding carboxylic acids is 2. The van der Waals surface area contributed by atoms with Crippen LogP contribution in [0.3, 0.4) is 0 Å². The molecule has 8 heteroatoms. The minimum atomic E-state index is -3.56. The second kappa shape index (κ2) is 8.45. The quantitative estimate of drug-likeness (QED) is 0.585. The van der Waals surface area contributed by atoms with Crippen LogP contribution >= 0.6 is 11.3 Å². The van der Waals surface area contributed by atoms with E-state index in [-0.39, 0.29) is 17.1 Å². The number of rotatable bonds is 5. The molecular weight excluding hydrogens is 398 g/mol. The minimum absolute atomic E-state index is 0.0386. The SMILES string of the molecule is CCOC(=O)c1c(NC(=O)c2ccccc2S(C)(=O)=O)sc2c1CCCCC2. The number of hydrogen-bond donors (Lipinski definition) is 1. The molecule has 0 saturated heterocycles. The van der Waals surface area contributed by atoms with Crippen molar-refractivity contribution >= 4 is 38.1 Å². The Morgan fingerprint density at radius 1 is 1.14 bits per heavy atom. The number of aryl methyl sites for hydroxylation is 1. The topological polar surface area (TPSA) is 89.5 Å². The van der Waals surface area contributed by atoms with Crippen LogP contribution in [0.15, 0.2) is 29.2 Å². The van der Waals surface area contributed by atoms with Gasteiger partial charge in [-0.2, -0.15) is 0 Å². The lowest BCUT2D eigenvalue weighted by Crippen LogP contribution is -2.18. The van der Waals surface area contributed by atoms with Crippen molar-refractivity contribution in [3.8, 4) is 0 Å². The highest BCUT2D eigenvalue weighted by molar-refractivity contribution is 7.90. The summed E-state index contributed by atoms with van der Waals surface area (Å²) in [6, 6.07) is 6.05. The number of anilines is 1. The molecule has 0 atom stereocenters. The van der Waals surface area contributed by atoms with E-state index < -0.39 is 21.7 Å². The molecule has 150 valence electrons. The Kier molecular flexibility index (Phi) is 6.20. The highest BCUT2D eigenvalue weighted by atomic mass is 32.2. The fourth-order valence-electron chi connectivity index (χ4n) is 3.40. The maximum atomic E-state index is 12.9. The molecule has 0 aliphatic heterocycles. The molecule has 1 aliphatic carbocycles. The van der Waals surface area contributed by atoms with E-state index in [1.807, 2.05) is 0 Å². The lowest BCUT2D eigenvalue weighted by molar-refractivity contribution is 0.0527. The number of sulfone groups is 1. The standard InChI is InChI=1S/C20H23NO5S2/c1-3-26-20(23)17-13-9-5-4-6-11-15(13)27-19(17)21-18(22)14-10-7-8-12-16(14)28(2,24)25/h7-8,10,12H,3-6,9,11H2,1-2H3,(H,21,22). The second-order valence-electron chi connectivity index (χ2n) is 6.71. The maximum Gasteiger partial charge on any atom is 0.341 e. The molecule has 0 fully saturated rings. The van der Waals surface area contributed by atoms with Gasteiger partial charge >= 0.3 is 5.97 Å². The summed E-state index contributed by atoms with van der Waals surface area (Å²) < 4.78 is 29.3. The van der Waals surface area contributed by atoms with Crippen molar-refractivity contribution in [2.75, 3.05) is 18.2 Å². The molecule has 1 N–H and O–H groups in total. The van der Waals surface area contributed by atoms with E-state index in [0.29, 0.717) is 10.6 Å². The summed E-state index contributed by atoms with van der Waals surface area (Å²) in [5.41, 5.74) is 1.42. The van der Waals surface area contributed by atoms with Crippen molar-refractivity contribution in [2.45, 2.75) is 43.9 Å². The van der Waals surface area contributed by atoms with Crippen LogP contribution < -0.4 is 5.32 Å². The van der Waals surface area contributed by atoms with Gasteiger partial charge in [0, 0.05) is 11.1 Å². The summed E-state index contributed by atoms with van der Waals surface area (Å²) in [5.74, 6) is -1.00. The average molecular weight is 422 g/mol. The molecule has 0 unspecified atom stereocenters. The third-order valence-corrected chi connectivity index (χ3v) is 7.02. The number of nitrogens with one attached hydrogen (secondary N) is 1. The van der Waals surface area contributed by atoms with E-state index in [4.69, 9.17) is 4.74 Å². The average Bonchev–Trinajstić information content (AvgIpc) is 2.81. The predicted octanol–water partition coefficient (Wildman–Crippen LogP) is 3.85. The first-order valence-electron chi connectivity index (χ1n) is 9.25. The number of ether oxygens (including phenoxy) is 1. The van der Waals surface area contributed by atoms with Gasteiger partial charge in [-0.1, -0.05) is 18.6 Å². The second-order valence-corrected chi connectivity index (χ2v) is 9.80. The van der Waals surface area contributed by atoms with Gasteiger partial charge in [0.1, 0.15) is 5.00 Å². The number of amides is 1. The van der Waals surface area contributed by atoms with Gasteiger partial charge in [-0.25, -0.2) is 13.2 Å². The fourth-order valence-corrected chi connectivity index (χ4v) is 5.56. The summed E-state index contributed by atoms with van der Waals surface area (Å²) in [5, 5.41) is 3.20. The van der Waals surface area contributed by atoms with Crippen LogP contribution in [0.4, 0.5) is 5.00 Å². The Bertz CT molecular complexity index is 1010. The molecule has 6 nitrogen and oxygen atoms in total. The number of fused-ring (bicyclic) bond motifs is 1. The Balaban J connectivity index is 2.01. The Morgan fingerprint density at radius 2 is 1.86 bits per heavy atom. The highest BCUT2D eigenvalue weighted by Crippen LogP contribution is 2.38. The van der Waals surface area contributed by atoms with Gasteiger partial charge in [-0.15, -0.1) is 11.3 Å². The summed E-state index contributed by atoms with van der Waals surface area (Å²) in [6.45, 7) is 1.98. The number of thiophene rings is 1. The Labute approximate surface area is 168 Å². The van der Waals surface area contributed by atoms with E-state index in [1.165, 1.54) is 23.5 Å². The van der Waals surface area contributed by atoms with Crippen LogP contribution in [-0.4, -0.2) is 33.2 Å². The molecule has 1 heterocycles. The van der Waals surface area contributed by atoms with E-state index >= 15 is 0 Å². The van der Waals surface area contributed by atoms with Gasteiger partial charge in [0.15, 0.2) is 9.84 Å². The summed E-state index contributed by atoms with van der Waals surface area (Å²) in [7, 11) is -3.56. The zero-order valence-corrected chi connectivity index (χ0v) is 17.5.